The minimum Gasteiger partial charge on any atom is -0.352 e. The van der Waals surface area contributed by atoms with Gasteiger partial charge in [0.1, 0.15) is 4.83 Å². The Balaban J connectivity index is 1.24. The van der Waals surface area contributed by atoms with E-state index >= 15 is 0 Å². The van der Waals surface area contributed by atoms with Crippen molar-refractivity contribution in [2.75, 3.05) is 13.1 Å². The van der Waals surface area contributed by atoms with Gasteiger partial charge in [0.25, 0.3) is 5.56 Å². The van der Waals surface area contributed by atoms with Crippen LogP contribution in [0.4, 0.5) is 0 Å². The maximum Gasteiger partial charge on any atom is 0.262 e. The Hall–Kier alpha value is -2.51. The summed E-state index contributed by atoms with van der Waals surface area (Å²) < 4.78 is 1.50. The van der Waals surface area contributed by atoms with Crippen molar-refractivity contribution in [1.82, 2.24) is 19.8 Å². The van der Waals surface area contributed by atoms with Gasteiger partial charge in [0.05, 0.1) is 11.7 Å². The Morgan fingerprint density at radius 3 is 2.83 bits per heavy atom. The Morgan fingerprint density at radius 2 is 2.03 bits per heavy atom. The van der Waals surface area contributed by atoms with Crippen molar-refractivity contribution in [2.45, 2.75) is 45.8 Å². The summed E-state index contributed by atoms with van der Waals surface area (Å²) in [6.45, 7) is 6.50. The Labute approximate surface area is 180 Å². The number of carbonyl (C=O) groups excluding carboxylic acids is 1. The number of rotatable bonds is 7. The number of likely N-dealkylation sites (tertiary alicyclic amines) is 1. The number of fused-ring (bicyclic) bond motifs is 1. The van der Waals surface area contributed by atoms with E-state index in [1.54, 1.807) is 6.07 Å². The first-order valence-corrected chi connectivity index (χ1v) is 11.5. The van der Waals surface area contributed by atoms with Crippen LogP contribution in [0.25, 0.3) is 10.2 Å². The van der Waals surface area contributed by atoms with Gasteiger partial charge in [-0.2, -0.15) is 0 Å². The normalized spacial score (nSPS) is 17.3. The zero-order valence-corrected chi connectivity index (χ0v) is 18.2. The van der Waals surface area contributed by atoms with Gasteiger partial charge in [-0.25, -0.2) is 4.98 Å². The van der Waals surface area contributed by atoms with Crippen molar-refractivity contribution in [3.05, 3.63) is 63.5 Å². The molecule has 0 radical (unpaired) electrons. The number of carbonyl (C=O) groups is 1. The van der Waals surface area contributed by atoms with E-state index in [1.165, 1.54) is 53.7 Å². The lowest BCUT2D eigenvalue weighted by Crippen LogP contribution is -2.33. The Bertz CT molecular complexity index is 1060. The molecule has 3 heterocycles. The monoisotopic (exact) mass is 424 g/mol. The molecule has 7 heteroatoms. The van der Waals surface area contributed by atoms with Gasteiger partial charge in [-0.15, -0.1) is 11.3 Å². The third-order valence-corrected chi connectivity index (χ3v) is 6.51. The number of hydrogen-bond donors (Lipinski definition) is 1. The number of nitrogens with one attached hydrogen (secondary N) is 1. The first-order chi connectivity index (χ1) is 14.6. The SMILES string of the molecule is CC1CCCN(Cc2ccc(CNC(=O)CCn3cnc4sccc4c3=O)cc2)C1. The summed E-state index contributed by atoms with van der Waals surface area (Å²) in [7, 11) is 0. The fourth-order valence-electron chi connectivity index (χ4n) is 4.01. The first kappa shape index (κ1) is 20.8. The predicted molar refractivity (Wildman–Crippen MR) is 120 cm³/mol. The molecule has 1 N–H and O–H groups in total. The van der Waals surface area contributed by atoms with Crippen molar-refractivity contribution in [1.29, 1.82) is 0 Å². The van der Waals surface area contributed by atoms with Crippen molar-refractivity contribution >= 4 is 27.5 Å². The van der Waals surface area contributed by atoms with Gasteiger partial charge in [-0.1, -0.05) is 31.2 Å². The summed E-state index contributed by atoms with van der Waals surface area (Å²) in [6, 6.07) is 10.3. The van der Waals surface area contributed by atoms with Crippen molar-refractivity contribution in [3.63, 3.8) is 0 Å². The van der Waals surface area contributed by atoms with Crippen molar-refractivity contribution in [2.24, 2.45) is 5.92 Å². The third kappa shape index (κ3) is 5.15. The average Bonchev–Trinajstić information content (AvgIpc) is 3.23. The van der Waals surface area contributed by atoms with Gasteiger partial charge in [0.15, 0.2) is 0 Å². The van der Waals surface area contributed by atoms with Crippen molar-refractivity contribution in [3.8, 4) is 0 Å². The second-order valence-corrected chi connectivity index (χ2v) is 9.10. The smallest absolute Gasteiger partial charge is 0.262 e. The van der Waals surface area contributed by atoms with Crippen LogP contribution in [-0.4, -0.2) is 33.4 Å². The average molecular weight is 425 g/mol. The number of amides is 1. The fraction of sp³-hybridized carbons (Fsp3) is 0.435. The number of benzene rings is 1. The molecule has 0 saturated carbocycles. The quantitative estimate of drug-likeness (QED) is 0.631. The van der Waals surface area contributed by atoms with Gasteiger partial charge in [-0.05, 0) is 47.9 Å². The highest BCUT2D eigenvalue weighted by Gasteiger charge is 2.16. The molecule has 30 heavy (non-hydrogen) atoms. The van der Waals surface area contributed by atoms with Gasteiger partial charge >= 0.3 is 0 Å². The largest absolute Gasteiger partial charge is 0.352 e. The zero-order chi connectivity index (χ0) is 20.9. The van der Waals surface area contributed by atoms with Crippen LogP contribution in [0.3, 0.4) is 0 Å². The number of hydrogen-bond acceptors (Lipinski definition) is 5. The van der Waals surface area contributed by atoms with E-state index in [2.05, 4.69) is 46.4 Å². The molecule has 1 fully saturated rings. The second kappa shape index (κ2) is 9.53. The van der Waals surface area contributed by atoms with Crippen LogP contribution in [0.15, 0.2) is 46.8 Å². The molecule has 4 rings (SSSR count). The van der Waals surface area contributed by atoms with E-state index in [9.17, 15) is 9.59 Å². The molecule has 1 aromatic carbocycles. The highest BCUT2D eigenvalue weighted by molar-refractivity contribution is 7.16. The molecule has 1 aliphatic heterocycles. The Morgan fingerprint density at radius 1 is 1.23 bits per heavy atom. The van der Waals surface area contributed by atoms with Gasteiger partial charge in [0.2, 0.25) is 5.91 Å². The summed E-state index contributed by atoms with van der Waals surface area (Å²) >= 11 is 1.44. The van der Waals surface area contributed by atoms with Crippen molar-refractivity contribution < 1.29 is 4.79 Å². The van der Waals surface area contributed by atoms with Crippen LogP contribution in [0.1, 0.15) is 37.3 Å². The molecule has 3 aromatic rings. The van der Waals surface area contributed by atoms with Crippen LogP contribution in [0, 0.1) is 5.92 Å². The molecule has 0 bridgehead atoms. The molecule has 1 amide bonds. The number of aryl methyl sites for hydroxylation is 1. The van der Waals surface area contributed by atoms with Gasteiger partial charge in [0, 0.05) is 32.6 Å². The summed E-state index contributed by atoms with van der Waals surface area (Å²) in [5.41, 5.74) is 2.31. The maximum absolute atomic E-state index is 12.4. The molecule has 1 unspecified atom stereocenters. The standard InChI is InChI=1S/C23H28N4O2S/c1-17-3-2-10-26(14-17)15-19-6-4-18(5-7-19)13-24-21(28)8-11-27-16-25-22-20(23(27)29)9-12-30-22/h4-7,9,12,16-17H,2-3,8,10-11,13-15H2,1H3,(H,24,28). The summed E-state index contributed by atoms with van der Waals surface area (Å²) in [6.07, 6.45) is 4.40. The molecular weight excluding hydrogens is 396 g/mol. The van der Waals surface area contributed by atoms with Crippen LogP contribution >= 0.6 is 11.3 Å². The van der Waals surface area contributed by atoms with Crippen LogP contribution < -0.4 is 10.9 Å². The molecule has 6 nitrogen and oxygen atoms in total. The number of piperidine rings is 1. The molecular formula is C23H28N4O2S. The lowest BCUT2D eigenvalue weighted by molar-refractivity contribution is -0.121. The topological polar surface area (TPSA) is 67.2 Å². The minimum absolute atomic E-state index is 0.0707. The van der Waals surface area contributed by atoms with Gasteiger partial charge in [-0.3, -0.25) is 19.1 Å². The van der Waals surface area contributed by atoms with E-state index in [1.807, 2.05) is 5.38 Å². The van der Waals surface area contributed by atoms with Gasteiger partial charge < -0.3 is 5.32 Å². The second-order valence-electron chi connectivity index (χ2n) is 8.21. The highest BCUT2D eigenvalue weighted by atomic mass is 32.1. The minimum atomic E-state index is -0.0901. The van der Waals surface area contributed by atoms with E-state index in [-0.39, 0.29) is 17.9 Å². The predicted octanol–water partition coefficient (Wildman–Crippen LogP) is 3.40. The number of thiophene rings is 1. The molecule has 1 saturated heterocycles. The summed E-state index contributed by atoms with van der Waals surface area (Å²) in [4.78, 5) is 32.1. The zero-order valence-electron chi connectivity index (χ0n) is 17.3. The fourth-order valence-corrected chi connectivity index (χ4v) is 4.74. The molecule has 0 spiro atoms. The van der Waals surface area contributed by atoms with E-state index in [0.29, 0.717) is 18.5 Å². The maximum atomic E-state index is 12.4. The lowest BCUT2D eigenvalue weighted by Gasteiger charge is -2.30. The number of aromatic nitrogens is 2. The molecule has 1 aliphatic rings. The highest BCUT2D eigenvalue weighted by Crippen LogP contribution is 2.18. The van der Waals surface area contributed by atoms with Crippen LogP contribution in [0.2, 0.25) is 0 Å². The van der Waals surface area contributed by atoms with E-state index < -0.39 is 0 Å². The van der Waals surface area contributed by atoms with Crippen LogP contribution in [0.5, 0.6) is 0 Å². The molecule has 1 atom stereocenters. The van der Waals surface area contributed by atoms with E-state index in [0.717, 1.165) is 22.9 Å². The summed E-state index contributed by atoms with van der Waals surface area (Å²) in [5, 5.41) is 5.41. The number of nitrogens with zero attached hydrogens (tertiary/aromatic N) is 3. The lowest BCUT2D eigenvalue weighted by atomic mass is 9.99. The molecule has 2 aromatic heterocycles. The summed E-state index contributed by atoms with van der Waals surface area (Å²) in [5.74, 6) is 0.714. The molecule has 158 valence electrons. The Kier molecular flexibility index (Phi) is 6.59. The third-order valence-electron chi connectivity index (χ3n) is 5.69. The first-order valence-electron chi connectivity index (χ1n) is 10.6. The van der Waals surface area contributed by atoms with E-state index in [4.69, 9.17) is 0 Å². The van der Waals surface area contributed by atoms with Crippen LogP contribution in [-0.2, 0) is 24.4 Å². The molecule has 0 aliphatic carbocycles.